The molecule has 1 rings (SSSR count). The van der Waals surface area contributed by atoms with Crippen molar-refractivity contribution in [3.05, 3.63) is 22.2 Å². The highest BCUT2D eigenvalue weighted by atomic mass is 79.9. The van der Waals surface area contributed by atoms with E-state index in [4.69, 9.17) is 9.47 Å². The van der Waals surface area contributed by atoms with E-state index in [1.54, 1.807) is 33.2 Å². The number of hydrogen-bond donors (Lipinski definition) is 1. The van der Waals surface area contributed by atoms with Gasteiger partial charge in [-0.05, 0) is 40.5 Å². The van der Waals surface area contributed by atoms with Gasteiger partial charge in [0.15, 0.2) is 11.5 Å². The Kier molecular flexibility index (Phi) is 6.29. The van der Waals surface area contributed by atoms with Crippen LogP contribution in [0.25, 0.3) is 0 Å². The first-order chi connectivity index (χ1) is 9.40. The second-order valence-electron chi connectivity index (χ2n) is 4.65. The molecule has 0 heterocycles. The predicted octanol–water partition coefficient (Wildman–Crippen LogP) is 2.03. The van der Waals surface area contributed by atoms with Gasteiger partial charge in [0, 0.05) is 20.6 Å². The molecule has 6 heteroatoms. The number of amides is 1. The molecule has 5 nitrogen and oxygen atoms in total. The van der Waals surface area contributed by atoms with Crippen molar-refractivity contribution in [1.29, 1.82) is 0 Å². The molecule has 20 heavy (non-hydrogen) atoms. The molecule has 0 fully saturated rings. The lowest BCUT2D eigenvalue weighted by Gasteiger charge is -2.18. The molecule has 0 aromatic heterocycles. The standard InChI is InChI=1S/C14H21BrN2O3/c1-9(14(18)17(2)3)16-8-10-6-11(15)13(20-5)12(7-10)19-4/h6-7,9,16H,8H2,1-5H3. The number of carbonyl (C=O) groups excluding carboxylic acids is 1. The Morgan fingerprint density at radius 1 is 1.35 bits per heavy atom. The van der Waals surface area contributed by atoms with Gasteiger partial charge in [0.25, 0.3) is 0 Å². The van der Waals surface area contributed by atoms with Crippen molar-refractivity contribution in [1.82, 2.24) is 10.2 Å². The molecule has 1 N–H and O–H groups in total. The first-order valence-corrected chi connectivity index (χ1v) is 7.05. The van der Waals surface area contributed by atoms with Crippen molar-refractivity contribution in [2.45, 2.75) is 19.5 Å². The molecule has 1 aromatic carbocycles. The van der Waals surface area contributed by atoms with Gasteiger partial charge in [-0.3, -0.25) is 4.79 Å². The Balaban J connectivity index is 2.79. The lowest BCUT2D eigenvalue weighted by atomic mass is 10.2. The highest BCUT2D eigenvalue weighted by Crippen LogP contribution is 2.36. The van der Waals surface area contributed by atoms with Crippen molar-refractivity contribution in [3.8, 4) is 11.5 Å². The fourth-order valence-electron chi connectivity index (χ4n) is 1.82. The molecule has 0 spiro atoms. The van der Waals surface area contributed by atoms with E-state index in [9.17, 15) is 4.79 Å². The first kappa shape index (κ1) is 16.8. The molecular formula is C14H21BrN2O3. The molecule has 0 radical (unpaired) electrons. The lowest BCUT2D eigenvalue weighted by Crippen LogP contribution is -2.41. The molecule has 0 aliphatic heterocycles. The maximum absolute atomic E-state index is 11.8. The van der Waals surface area contributed by atoms with E-state index in [1.165, 1.54) is 0 Å². The summed E-state index contributed by atoms with van der Waals surface area (Å²) >= 11 is 3.45. The fraction of sp³-hybridized carbons (Fsp3) is 0.500. The highest BCUT2D eigenvalue weighted by Gasteiger charge is 2.15. The van der Waals surface area contributed by atoms with E-state index in [2.05, 4.69) is 21.2 Å². The molecule has 1 aromatic rings. The van der Waals surface area contributed by atoms with Crippen molar-refractivity contribution in [2.24, 2.45) is 0 Å². The lowest BCUT2D eigenvalue weighted by molar-refractivity contribution is -0.130. The van der Waals surface area contributed by atoms with Gasteiger partial charge in [0.1, 0.15) is 0 Å². The van der Waals surface area contributed by atoms with E-state index >= 15 is 0 Å². The van der Waals surface area contributed by atoms with Crippen LogP contribution < -0.4 is 14.8 Å². The Bertz CT molecular complexity index is 478. The third-order valence-electron chi connectivity index (χ3n) is 2.92. The summed E-state index contributed by atoms with van der Waals surface area (Å²) in [6.07, 6.45) is 0. The molecule has 1 unspecified atom stereocenters. The number of ether oxygens (including phenoxy) is 2. The minimum absolute atomic E-state index is 0.0459. The predicted molar refractivity (Wildman–Crippen MR) is 82.2 cm³/mol. The number of carbonyl (C=O) groups is 1. The maximum atomic E-state index is 11.8. The normalized spacial score (nSPS) is 11.9. The largest absolute Gasteiger partial charge is 0.493 e. The Hall–Kier alpha value is -1.27. The monoisotopic (exact) mass is 344 g/mol. The van der Waals surface area contributed by atoms with Crippen LogP contribution in [0.2, 0.25) is 0 Å². The van der Waals surface area contributed by atoms with E-state index in [0.29, 0.717) is 18.0 Å². The molecule has 1 atom stereocenters. The highest BCUT2D eigenvalue weighted by molar-refractivity contribution is 9.10. The van der Waals surface area contributed by atoms with Crippen LogP contribution in [0.4, 0.5) is 0 Å². The van der Waals surface area contributed by atoms with Crippen molar-refractivity contribution >= 4 is 21.8 Å². The number of methoxy groups -OCH3 is 2. The molecule has 0 saturated heterocycles. The van der Waals surface area contributed by atoms with Crippen LogP contribution in [0.5, 0.6) is 11.5 Å². The zero-order valence-electron chi connectivity index (χ0n) is 12.5. The van der Waals surface area contributed by atoms with Gasteiger partial charge in [0.05, 0.1) is 24.7 Å². The Labute approximate surface area is 128 Å². The first-order valence-electron chi connectivity index (χ1n) is 6.25. The minimum atomic E-state index is -0.239. The average Bonchev–Trinajstić information content (AvgIpc) is 2.42. The molecule has 1 amide bonds. The number of likely N-dealkylation sites (N-methyl/N-ethyl adjacent to an activating group) is 1. The summed E-state index contributed by atoms with van der Waals surface area (Å²) in [5.41, 5.74) is 1.01. The molecule has 112 valence electrons. The second kappa shape index (κ2) is 7.50. The van der Waals surface area contributed by atoms with Gasteiger partial charge in [-0.1, -0.05) is 0 Å². The van der Waals surface area contributed by atoms with Crippen LogP contribution in [-0.2, 0) is 11.3 Å². The van der Waals surface area contributed by atoms with Crippen LogP contribution in [0.15, 0.2) is 16.6 Å². The van der Waals surface area contributed by atoms with Gasteiger partial charge >= 0.3 is 0 Å². The van der Waals surface area contributed by atoms with Gasteiger partial charge in [-0.25, -0.2) is 0 Å². The molecule has 0 aliphatic carbocycles. The summed E-state index contributed by atoms with van der Waals surface area (Å²) in [5.74, 6) is 1.36. The zero-order valence-corrected chi connectivity index (χ0v) is 14.1. The molecular weight excluding hydrogens is 324 g/mol. The van der Waals surface area contributed by atoms with E-state index < -0.39 is 0 Å². The number of benzene rings is 1. The third kappa shape index (κ3) is 4.11. The summed E-state index contributed by atoms with van der Waals surface area (Å²) in [5, 5.41) is 3.19. The van der Waals surface area contributed by atoms with Crippen LogP contribution in [0.1, 0.15) is 12.5 Å². The Morgan fingerprint density at radius 3 is 2.50 bits per heavy atom. The molecule has 0 saturated carbocycles. The quantitative estimate of drug-likeness (QED) is 0.857. The van der Waals surface area contributed by atoms with E-state index in [-0.39, 0.29) is 11.9 Å². The number of nitrogens with zero attached hydrogens (tertiary/aromatic N) is 1. The van der Waals surface area contributed by atoms with Crippen LogP contribution in [0.3, 0.4) is 0 Å². The van der Waals surface area contributed by atoms with Crippen molar-refractivity contribution in [3.63, 3.8) is 0 Å². The second-order valence-corrected chi connectivity index (χ2v) is 5.50. The zero-order chi connectivity index (χ0) is 15.3. The molecule has 0 aliphatic rings. The SMILES string of the molecule is COc1cc(CNC(C)C(=O)N(C)C)cc(Br)c1OC. The summed E-state index contributed by atoms with van der Waals surface area (Å²) in [6, 6.07) is 3.60. The summed E-state index contributed by atoms with van der Waals surface area (Å²) < 4.78 is 11.4. The van der Waals surface area contributed by atoms with Crippen LogP contribution in [0, 0.1) is 0 Å². The van der Waals surface area contributed by atoms with Gasteiger partial charge in [-0.2, -0.15) is 0 Å². The Morgan fingerprint density at radius 2 is 2.00 bits per heavy atom. The van der Waals surface area contributed by atoms with Crippen LogP contribution in [-0.4, -0.2) is 45.2 Å². The fourth-order valence-corrected chi connectivity index (χ4v) is 2.47. The van der Waals surface area contributed by atoms with Crippen molar-refractivity contribution in [2.75, 3.05) is 28.3 Å². The summed E-state index contributed by atoms with van der Waals surface area (Å²) in [6.45, 7) is 2.41. The minimum Gasteiger partial charge on any atom is -0.493 e. The van der Waals surface area contributed by atoms with Gasteiger partial charge in [0.2, 0.25) is 5.91 Å². The number of rotatable bonds is 6. The average molecular weight is 345 g/mol. The summed E-state index contributed by atoms with van der Waals surface area (Å²) in [7, 11) is 6.68. The number of nitrogens with one attached hydrogen (secondary N) is 1. The topological polar surface area (TPSA) is 50.8 Å². The number of hydrogen-bond acceptors (Lipinski definition) is 4. The summed E-state index contributed by atoms with van der Waals surface area (Å²) in [4.78, 5) is 13.3. The van der Waals surface area contributed by atoms with E-state index in [1.807, 2.05) is 19.1 Å². The van der Waals surface area contributed by atoms with Gasteiger partial charge in [-0.15, -0.1) is 0 Å². The van der Waals surface area contributed by atoms with E-state index in [0.717, 1.165) is 10.0 Å². The third-order valence-corrected chi connectivity index (χ3v) is 3.51. The maximum Gasteiger partial charge on any atom is 0.238 e. The smallest absolute Gasteiger partial charge is 0.238 e. The van der Waals surface area contributed by atoms with Crippen LogP contribution >= 0.6 is 15.9 Å². The van der Waals surface area contributed by atoms with Gasteiger partial charge < -0.3 is 19.7 Å². The van der Waals surface area contributed by atoms with Crippen molar-refractivity contribution < 1.29 is 14.3 Å². The molecule has 0 bridgehead atoms. The number of halogens is 1.